The van der Waals surface area contributed by atoms with Gasteiger partial charge in [0.15, 0.2) is 18.0 Å². The smallest absolute Gasteiger partial charge is 0.275 e. The SMILES string of the molecule is C[NH+](CC(=O)N[C@@H]1CCCc2ccccc21)Cc1ccc2c(c1)OCO2. The molecule has 1 amide bonds. The number of quaternary nitrogens is 1. The Kier molecular flexibility index (Phi) is 4.80. The first-order valence-electron chi connectivity index (χ1n) is 9.26. The second kappa shape index (κ2) is 7.38. The van der Waals surface area contributed by atoms with E-state index in [1.165, 1.54) is 11.1 Å². The normalized spacial score (nSPS) is 18.9. The lowest BCUT2D eigenvalue weighted by Gasteiger charge is -2.26. The highest BCUT2D eigenvalue weighted by molar-refractivity contribution is 5.77. The average molecular weight is 353 g/mol. The van der Waals surface area contributed by atoms with Crippen molar-refractivity contribution >= 4 is 5.91 Å². The Labute approximate surface area is 153 Å². The van der Waals surface area contributed by atoms with Crippen molar-refractivity contribution in [1.82, 2.24) is 5.32 Å². The Morgan fingerprint density at radius 1 is 1.19 bits per heavy atom. The van der Waals surface area contributed by atoms with E-state index in [-0.39, 0.29) is 18.7 Å². The summed E-state index contributed by atoms with van der Waals surface area (Å²) < 4.78 is 10.8. The van der Waals surface area contributed by atoms with Gasteiger partial charge in [0, 0.05) is 5.56 Å². The maximum atomic E-state index is 12.5. The van der Waals surface area contributed by atoms with E-state index < -0.39 is 0 Å². The van der Waals surface area contributed by atoms with Crippen molar-refractivity contribution in [3.05, 3.63) is 59.2 Å². The first-order chi connectivity index (χ1) is 12.7. The Morgan fingerprint density at radius 3 is 2.96 bits per heavy atom. The number of ether oxygens (including phenoxy) is 2. The topological polar surface area (TPSA) is 52.0 Å². The van der Waals surface area contributed by atoms with Gasteiger partial charge in [-0.15, -0.1) is 0 Å². The van der Waals surface area contributed by atoms with Crippen LogP contribution in [0.25, 0.3) is 0 Å². The van der Waals surface area contributed by atoms with E-state index >= 15 is 0 Å². The van der Waals surface area contributed by atoms with E-state index in [2.05, 4.69) is 29.6 Å². The highest BCUT2D eigenvalue weighted by Crippen LogP contribution is 2.32. The minimum atomic E-state index is 0.102. The zero-order valence-corrected chi connectivity index (χ0v) is 15.1. The van der Waals surface area contributed by atoms with Crippen molar-refractivity contribution in [3.63, 3.8) is 0 Å². The molecule has 4 rings (SSSR count). The maximum absolute atomic E-state index is 12.5. The molecule has 1 aliphatic heterocycles. The molecule has 2 atom stereocenters. The van der Waals surface area contributed by atoms with Crippen LogP contribution in [0.3, 0.4) is 0 Å². The number of rotatable bonds is 5. The molecule has 0 fully saturated rings. The van der Waals surface area contributed by atoms with Gasteiger partial charge in [0.05, 0.1) is 13.1 Å². The standard InChI is InChI=1S/C21H24N2O3/c1-23(12-15-9-10-19-20(11-15)26-14-25-19)13-21(24)22-18-8-4-6-16-5-2-3-7-17(16)18/h2-3,5,7,9-11,18H,4,6,8,12-14H2,1H3,(H,22,24)/p+1/t18-/m1/s1. The third kappa shape index (κ3) is 3.68. The average Bonchev–Trinajstić information content (AvgIpc) is 3.09. The zero-order chi connectivity index (χ0) is 17.9. The van der Waals surface area contributed by atoms with Crippen molar-refractivity contribution in [2.45, 2.75) is 31.8 Å². The number of carbonyl (C=O) groups is 1. The molecule has 26 heavy (non-hydrogen) atoms. The van der Waals surface area contributed by atoms with E-state index in [0.717, 1.165) is 47.8 Å². The minimum absolute atomic E-state index is 0.102. The number of likely N-dealkylation sites (N-methyl/N-ethyl adjacent to an activating group) is 1. The Balaban J connectivity index is 1.33. The molecule has 0 saturated carbocycles. The predicted octanol–water partition coefficient (Wildman–Crippen LogP) is 1.62. The van der Waals surface area contributed by atoms with Crippen LogP contribution in [-0.4, -0.2) is 26.3 Å². The van der Waals surface area contributed by atoms with Crippen LogP contribution >= 0.6 is 0 Å². The van der Waals surface area contributed by atoms with Crippen LogP contribution < -0.4 is 19.7 Å². The summed E-state index contributed by atoms with van der Waals surface area (Å²) in [4.78, 5) is 13.7. The molecular weight excluding hydrogens is 328 g/mol. The van der Waals surface area contributed by atoms with Gasteiger partial charge < -0.3 is 19.7 Å². The molecular formula is C21H25N2O3+. The third-order valence-corrected chi connectivity index (χ3v) is 5.11. The number of benzene rings is 2. The van der Waals surface area contributed by atoms with E-state index in [1.807, 2.05) is 25.2 Å². The van der Waals surface area contributed by atoms with Gasteiger partial charge in [-0.25, -0.2) is 0 Å². The summed E-state index contributed by atoms with van der Waals surface area (Å²) in [6, 6.07) is 14.6. The van der Waals surface area contributed by atoms with Gasteiger partial charge in [0.2, 0.25) is 6.79 Å². The molecule has 2 N–H and O–H groups in total. The molecule has 2 aromatic rings. The number of carbonyl (C=O) groups excluding carboxylic acids is 1. The molecule has 1 aliphatic carbocycles. The van der Waals surface area contributed by atoms with E-state index in [1.54, 1.807) is 0 Å². The third-order valence-electron chi connectivity index (χ3n) is 5.11. The quantitative estimate of drug-likeness (QED) is 0.859. The molecule has 0 saturated heterocycles. The molecule has 1 unspecified atom stereocenters. The molecule has 136 valence electrons. The molecule has 0 spiro atoms. The van der Waals surface area contributed by atoms with Crippen LogP contribution in [0.1, 0.15) is 35.6 Å². The lowest BCUT2D eigenvalue weighted by molar-refractivity contribution is -0.885. The number of aryl methyl sites for hydroxylation is 1. The Bertz CT molecular complexity index is 806. The van der Waals surface area contributed by atoms with Gasteiger partial charge in [0.25, 0.3) is 5.91 Å². The fraction of sp³-hybridized carbons (Fsp3) is 0.381. The molecule has 2 aromatic carbocycles. The van der Waals surface area contributed by atoms with E-state index in [4.69, 9.17) is 9.47 Å². The van der Waals surface area contributed by atoms with Crippen LogP contribution in [0.5, 0.6) is 11.5 Å². The number of hydrogen-bond donors (Lipinski definition) is 2. The molecule has 1 heterocycles. The second-order valence-electron chi connectivity index (χ2n) is 7.21. The van der Waals surface area contributed by atoms with Gasteiger partial charge in [-0.2, -0.15) is 0 Å². The first-order valence-corrected chi connectivity index (χ1v) is 9.26. The lowest BCUT2D eigenvalue weighted by atomic mass is 9.88. The fourth-order valence-corrected chi connectivity index (χ4v) is 3.89. The summed E-state index contributed by atoms with van der Waals surface area (Å²) in [6.07, 6.45) is 3.25. The molecule has 2 aliphatic rings. The first kappa shape index (κ1) is 16.9. The van der Waals surface area contributed by atoms with Crippen molar-refractivity contribution < 1.29 is 19.2 Å². The van der Waals surface area contributed by atoms with Crippen molar-refractivity contribution in [1.29, 1.82) is 0 Å². The van der Waals surface area contributed by atoms with Crippen molar-refractivity contribution in [2.24, 2.45) is 0 Å². The number of hydrogen-bond acceptors (Lipinski definition) is 3. The van der Waals surface area contributed by atoms with Gasteiger partial charge in [-0.3, -0.25) is 4.79 Å². The van der Waals surface area contributed by atoms with Gasteiger partial charge in [0.1, 0.15) is 6.54 Å². The van der Waals surface area contributed by atoms with Gasteiger partial charge in [-0.05, 0) is 48.6 Å². The summed E-state index contributed by atoms with van der Waals surface area (Å²) >= 11 is 0. The van der Waals surface area contributed by atoms with Crippen molar-refractivity contribution in [3.8, 4) is 11.5 Å². The summed E-state index contributed by atoms with van der Waals surface area (Å²) in [5, 5.41) is 3.23. The Hall–Kier alpha value is -2.53. The maximum Gasteiger partial charge on any atom is 0.275 e. The van der Waals surface area contributed by atoms with Crippen molar-refractivity contribution in [2.75, 3.05) is 20.4 Å². The number of amides is 1. The van der Waals surface area contributed by atoms with Crippen LogP contribution in [-0.2, 0) is 17.8 Å². The number of nitrogens with one attached hydrogen (secondary N) is 2. The summed E-state index contributed by atoms with van der Waals surface area (Å²) in [5.41, 5.74) is 3.79. The summed E-state index contributed by atoms with van der Waals surface area (Å²) in [7, 11) is 2.04. The lowest BCUT2D eigenvalue weighted by Crippen LogP contribution is -3.08. The second-order valence-corrected chi connectivity index (χ2v) is 7.21. The van der Waals surface area contributed by atoms with Crippen LogP contribution in [0.4, 0.5) is 0 Å². The van der Waals surface area contributed by atoms with Crippen LogP contribution in [0, 0.1) is 0 Å². The predicted molar refractivity (Wildman–Crippen MR) is 98.3 cm³/mol. The van der Waals surface area contributed by atoms with Gasteiger partial charge >= 0.3 is 0 Å². The monoisotopic (exact) mass is 353 g/mol. The van der Waals surface area contributed by atoms with E-state index in [0.29, 0.717) is 6.54 Å². The van der Waals surface area contributed by atoms with Crippen LogP contribution in [0.15, 0.2) is 42.5 Å². The molecule has 0 radical (unpaired) electrons. The van der Waals surface area contributed by atoms with Gasteiger partial charge in [-0.1, -0.05) is 24.3 Å². The van der Waals surface area contributed by atoms with Crippen LogP contribution in [0.2, 0.25) is 0 Å². The Morgan fingerprint density at radius 2 is 2.04 bits per heavy atom. The number of fused-ring (bicyclic) bond motifs is 2. The summed E-state index contributed by atoms with van der Waals surface area (Å²) in [6.45, 7) is 1.51. The summed E-state index contributed by atoms with van der Waals surface area (Å²) in [5.74, 6) is 1.68. The van der Waals surface area contributed by atoms with E-state index in [9.17, 15) is 4.79 Å². The minimum Gasteiger partial charge on any atom is -0.454 e. The molecule has 5 nitrogen and oxygen atoms in total. The fourth-order valence-electron chi connectivity index (χ4n) is 3.89. The highest BCUT2D eigenvalue weighted by atomic mass is 16.7. The molecule has 0 aromatic heterocycles. The zero-order valence-electron chi connectivity index (χ0n) is 15.1. The molecule has 0 bridgehead atoms. The highest BCUT2D eigenvalue weighted by Gasteiger charge is 2.23. The largest absolute Gasteiger partial charge is 0.454 e. The molecule has 5 heteroatoms.